The Morgan fingerprint density at radius 2 is 2.03 bits per heavy atom. The van der Waals surface area contributed by atoms with Crippen molar-refractivity contribution in [2.75, 3.05) is 24.7 Å². The minimum Gasteiger partial charge on any atom is -0.389 e. The van der Waals surface area contributed by atoms with Crippen LogP contribution in [0.1, 0.15) is 35.7 Å². The summed E-state index contributed by atoms with van der Waals surface area (Å²) in [6.07, 6.45) is -0.514. The zero-order valence-corrected chi connectivity index (χ0v) is 16.5. The SMILES string of the molecule is Cc1cc(-c2nc(N3C[C@@H](O)[C@@H]3C)nc3c2CCC3(F)F)ccc1C1(N)COC1. The molecule has 0 bridgehead atoms. The predicted molar refractivity (Wildman–Crippen MR) is 104 cm³/mol. The van der Waals surface area contributed by atoms with Crippen LogP contribution in [0, 0.1) is 6.92 Å². The molecule has 29 heavy (non-hydrogen) atoms. The Hall–Kier alpha value is -2.16. The van der Waals surface area contributed by atoms with Crippen LogP contribution in [0.2, 0.25) is 0 Å². The summed E-state index contributed by atoms with van der Waals surface area (Å²) in [4.78, 5) is 10.7. The fraction of sp³-hybridized carbons (Fsp3) is 0.524. The smallest absolute Gasteiger partial charge is 0.290 e. The predicted octanol–water partition coefficient (Wildman–Crippen LogP) is 2.24. The van der Waals surface area contributed by atoms with Gasteiger partial charge in [-0.25, -0.2) is 9.97 Å². The van der Waals surface area contributed by atoms with Gasteiger partial charge in [0, 0.05) is 24.1 Å². The van der Waals surface area contributed by atoms with Crippen LogP contribution in [0.25, 0.3) is 11.3 Å². The minimum absolute atomic E-state index is 0.185. The second-order valence-electron chi connectivity index (χ2n) is 8.54. The Morgan fingerprint density at radius 3 is 2.62 bits per heavy atom. The highest BCUT2D eigenvalue weighted by Crippen LogP contribution is 2.45. The number of hydrogen-bond acceptors (Lipinski definition) is 6. The number of hydrogen-bond donors (Lipinski definition) is 2. The molecule has 5 rings (SSSR count). The third kappa shape index (κ3) is 2.77. The van der Waals surface area contributed by atoms with Crippen LogP contribution in [0.15, 0.2) is 18.2 Å². The van der Waals surface area contributed by atoms with Crippen molar-refractivity contribution in [3.05, 3.63) is 40.6 Å². The number of β-amino-alcohol motifs (C(OH)–C–C–N with tert-alkyl or cyclic N) is 1. The first-order valence-electron chi connectivity index (χ1n) is 9.92. The molecule has 0 saturated carbocycles. The molecule has 1 aliphatic carbocycles. The van der Waals surface area contributed by atoms with E-state index in [2.05, 4.69) is 9.97 Å². The van der Waals surface area contributed by atoms with E-state index in [1.54, 1.807) is 4.90 Å². The lowest BCUT2D eigenvalue weighted by Gasteiger charge is -2.43. The number of nitrogens with two attached hydrogens (primary N) is 1. The maximum atomic E-state index is 14.5. The van der Waals surface area contributed by atoms with Crippen molar-refractivity contribution >= 4 is 5.95 Å². The number of rotatable bonds is 3. The van der Waals surface area contributed by atoms with Gasteiger partial charge in [0.25, 0.3) is 5.92 Å². The molecule has 2 saturated heterocycles. The Labute approximate surface area is 167 Å². The van der Waals surface area contributed by atoms with Gasteiger partial charge in [-0.3, -0.25) is 0 Å². The van der Waals surface area contributed by atoms with Crippen molar-refractivity contribution in [3.63, 3.8) is 0 Å². The maximum Gasteiger partial charge on any atom is 0.290 e. The first-order valence-corrected chi connectivity index (χ1v) is 9.92. The quantitative estimate of drug-likeness (QED) is 0.819. The van der Waals surface area contributed by atoms with E-state index < -0.39 is 17.6 Å². The number of nitrogens with zero attached hydrogens (tertiary/aromatic N) is 3. The number of ether oxygens (including phenoxy) is 1. The number of fused-ring (bicyclic) bond motifs is 1. The summed E-state index contributed by atoms with van der Waals surface area (Å²) in [5.74, 6) is -2.71. The van der Waals surface area contributed by atoms with Gasteiger partial charge in [0.2, 0.25) is 5.95 Å². The average molecular weight is 402 g/mol. The van der Waals surface area contributed by atoms with Crippen molar-refractivity contribution in [1.82, 2.24) is 9.97 Å². The van der Waals surface area contributed by atoms with Crippen molar-refractivity contribution in [3.8, 4) is 11.3 Å². The summed E-state index contributed by atoms with van der Waals surface area (Å²) < 4.78 is 34.3. The number of anilines is 1. The molecule has 0 amide bonds. The van der Waals surface area contributed by atoms with Gasteiger partial charge in [-0.2, -0.15) is 8.78 Å². The van der Waals surface area contributed by atoms with Gasteiger partial charge in [0.05, 0.1) is 36.6 Å². The van der Waals surface area contributed by atoms with Gasteiger partial charge in [0.1, 0.15) is 5.69 Å². The molecule has 8 heteroatoms. The second kappa shape index (κ2) is 6.17. The van der Waals surface area contributed by atoms with Gasteiger partial charge < -0.3 is 20.5 Å². The summed E-state index contributed by atoms with van der Waals surface area (Å²) in [5.41, 5.74) is 9.52. The van der Waals surface area contributed by atoms with E-state index in [1.807, 2.05) is 32.0 Å². The summed E-state index contributed by atoms with van der Waals surface area (Å²) in [5, 5.41) is 9.84. The molecule has 2 aromatic rings. The maximum absolute atomic E-state index is 14.5. The Morgan fingerprint density at radius 1 is 1.28 bits per heavy atom. The molecule has 2 atom stereocenters. The van der Waals surface area contributed by atoms with Gasteiger partial charge >= 0.3 is 0 Å². The molecule has 1 aromatic heterocycles. The summed E-state index contributed by atoms with van der Waals surface area (Å²) in [6.45, 7) is 5.10. The van der Waals surface area contributed by atoms with Crippen molar-refractivity contribution in [2.24, 2.45) is 5.73 Å². The Kier molecular flexibility index (Phi) is 4.01. The Bertz CT molecular complexity index is 993. The van der Waals surface area contributed by atoms with E-state index in [4.69, 9.17) is 10.5 Å². The largest absolute Gasteiger partial charge is 0.389 e. The van der Waals surface area contributed by atoms with Crippen LogP contribution in [0.5, 0.6) is 0 Å². The molecule has 154 valence electrons. The van der Waals surface area contributed by atoms with Gasteiger partial charge in [0.15, 0.2) is 0 Å². The van der Waals surface area contributed by atoms with Crippen LogP contribution in [0.4, 0.5) is 14.7 Å². The zero-order valence-electron chi connectivity index (χ0n) is 16.5. The van der Waals surface area contributed by atoms with Crippen molar-refractivity contribution in [2.45, 2.75) is 50.3 Å². The van der Waals surface area contributed by atoms with Gasteiger partial charge in [-0.15, -0.1) is 0 Å². The first-order chi connectivity index (χ1) is 13.7. The monoisotopic (exact) mass is 402 g/mol. The van der Waals surface area contributed by atoms with Crippen molar-refractivity contribution < 1.29 is 18.6 Å². The molecule has 0 radical (unpaired) electrons. The van der Waals surface area contributed by atoms with E-state index in [9.17, 15) is 13.9 Å². The molecule has 6 nitrogen and oxygen atoms in total. The van der Waals surface area contributed by atoms with Crippen LogP contribution in [-0.4, -0.2) is 47.0 Å². The van der Waals surface area contributed by atoms with E-state index in [0.29, 0.717) is 31.0 Å². The number of aromatic nitrogens is 2. The third-order valence-electron chi connectivity index (χ3n) is 6.48. The molecule has 2 fully saturated rings. The molecule has 3 heterocycles. The molecule has 0 unspecified atom stereocenters. The van der Waals surface area contributed by atoms with E-state index >= 15 is 0 Å². The molecule has 3 N–H and O–H groups in total. The zero-order chi connectivity index (χ0) is 20.6. The highest BCUT2D eigenvalue weighted by molar-refractivity contribution is 5.69. The summed E-state index contributed by atoms with van der Waals surface area (Å²) in [6, 6.07) is 5.60. The third-order valence-corrected chi connectivity index (χ3v) is 6.48. The molecule has 3 aliphatic rings. The number of aliphatic hydroxyl groups is 1. The van der Waals surface area contributed by atoms with Gasteiger partial charge in [-0.05, 0) is 37.5 Å². The number of benzene rings is 1. The molecular weight excluding hydrogens is 378 g/mol. The Balaban J connectivity index is 1.61. The van der Waals surface area contributed by atoms with Crippen LogP contribution < -0.4 is 10.6 Å². The normalized spacial score (nSPS) is 26.6. The lowest BCUT2D eigenvalue weighted by atomic mass is 9.85. The summed E-state index contributed by atoms with van der Waals surface area (Å²) >= 11 is 0. The fourth-order valence-corrected chi connectivity index (χ4v) is 4.48. The van der Waals surface area contributed by atoms with E-state index in [0.717, 1.165) is 16.7 Å². The number of aryl methyl sites for hydroxylation is 1. The number of alkyl halides is 2. The second-order valence-corrected chi connectivity index (χ2v) is 8.54. The average Bonchev–Trinajstić information content (AvgIpc) is 2.98. The minimum atomic E-state index is -2.96. The molecule has 1 aromatic carbocycles. The van der Waals surface area contributed by atoms with Crippen LogP contribution >= 0.6 is 0 Å². The van der Waals surface area contributed by atoms with Crippen LogP contribution in [0.3, 0.4) is 0 Å². The number of halogens is 2. The van der Waals surface area contributed by atoms with Crippen molar-refractivity contribution in [1.29, 1.82) is 0 Å². The van der Waals surface area contributed by atoms with E-state index in [1.165, 1.54) is 0 Å². The fourth-order valence-electron chi connectivity index (χ4n) is 4.48. The molecule has 2 aliphatic heterocycles. The highest BCUT2D eigenvalue weighted by atomic mass is 19.3. The van der Waals surface area contributed by atoms with Gasteiger partial charge in [-0.1, -0.05) is 12.1 Å². The highest BCUT2D eigenvalue weighted by Gasteiger charge is 2.45. The lowest BCUT2D eigenvalue weighted by Crippen LogP contribution is -2.59. The summed E-state index contributed by atoms with van der Waals surface area (Å²) in [7, 11) is 0. The molecule has 0 spiro atoms. The standard InChI is InChI=1S/C21H24F2N4O2/c1-11-7-13(3-4-15(11)20(24)9-29-10-20)17-14-5-6-21(22,23)18(14)26-19(25-17)27-8-16(28)12(27)2/h3-4,7,12,16,28H,5-6,8-10,24H2,1-2H3/t12-,16+/m0/s1. The number of aliphatic hydroxyl groups excluding tert-OH is 1. The lowest BCUT2D eigenvalue weighted by molar-refractivity contribution is -0.0572. The van der Waals surface area contributed by atoms with Crippen LogP contribution in [-0.2, 0) is 22.6 Å². The topological polar surface area (TPSA) is 84.5 Å². The molecular formula is C21H24F2N4O2. The van der Waals surface area contributed by atoms with E-state index in [-0.39, 0.29) is 30.5 Å². The first kappa shape index (κ1) is 18.8.